The second-order valence-corrected chi connectivity index (χ2v) is 13.1. The Labute approximate surface area is 297 Å². The van der Waals surface area contributed by atoms with E-state index in [0.717, 1.165) is 55.3 Å². The summed E-state index contributed by atoms with van der Waals surface area (Å²) in [6, 6.07) is 57.1. The average Bonchev–Trinajstić information content (AvgIpc) is 3.49. The molecule has 0 spiro atoms. The molecule has 4 heterocycles. The zero-order valence-electron chi connectivity index (χ0n) is 27.8. The highest BCUT2D eigenvalue weighted by Gasteiger charge is 2.21. The van der Waals surface area contributed by atoms with Gasteiger partial charge in [0.2, 0.25) is 0 Å². The summed E-state index contributed by atoms with van der Waals surface area (Å²) >= 11 is 0. The lowest BCUT2D eigenvalue weighted by Crippen LogP contribution is -2.03. The quantitative estimate of drug-likeness (QED) is 0.188. The molecule has 52 heavy (non-hydrogen) atoms. The minimum atomic E-state index is 0.624. The van der Waals surface area contributed by atoms with E-state index in [1.165, 1.54) is 27.1 Å². The Morgan fingerprint density at radius 1 is 0.404 bits per heavy atom. The number of nitrogens with zero attached hydrogens (tertiary/aromatic N) is 6. The maximum atomic E-state index is 5.13. The summed E-state index contributed by atoms with van der Waals surface area (Å²) < 4.78 is 4.74. The fourth-order valence-electron chi connectivity index (χ4n) is 7.94. The van der Waals surface area contributed by atoms with E-state index >= 15 is 0 Å². The fraction of sp³-hybridized carbons (Fsp3) is 0. The van der Waals surface area contributed by atoms with Crippen LogP contribution in [0.2, 0.25) is 0 Å². The normalized spacial score (nSPS) is 11.8. The van der Waals surface area contributed by atoms with Gasteiger partial charge in [0.15, 0.2) is 23.1 Å². The van der Waals surface area contributed by atoms with Gasteiger partial charge < -0.3 is 4.40 Å². The van der Waals surface area contributed by atoms with E-state index < -0.39 is 0 Å². The van der Waals surface area contributed by atoms with E-state index in [0.29, 0.717) is 17.5 Å². The van der Waals surface area contributed by atoms with E-state index in [2.05, 4.69) is 106 Å². The number of para-hydroxylation sites is 1. The Morgan fingerprint density at radius 2 is 1.04 bits per heavy atom. The number of aromatic nitrogens is 6. The van der Waals surface area contributed by atoms with Gasteiger partial charge in [0.25, 0.3) is 0 Å². The smallest absolute Gasteiger partial charge is 0.164 e. The monoisotopic (exact) mass is 664 g/mol. The molecule has 0 aliphatic rings. The van der Waals surface area contributed by atoms with Crippen LogP contribution in [-0.4, -0.2) is 28.9 Å². The van der Waals surface area contributed by atoms with Crippen molar-refractivity contribution in [2.45, 2.75) is 0 Å². The van der Waals surface area contributed by atoms with E-state index in [4.69, 9.17) is 19.9 Å². The first-order chi connectivity index (χ1) is 25.8. The van der Waals surface area contributed by atoms with Crippen LogP contribution < -0.4 is 0 Å². The summed E-state index contributed by atoms with van der Waals surface area (Å²) in [6.07, 6.45) is 1.89. The van der Waals surface area contributed by atoms with Crippen molar-refractivity contribution in [2.75, 3.05) is 0 Å². The molecule has 0 amide bonds. The van der Waals surface area contributed by atoms with Gasteiger partial charge in [0.1, 0.15) is 0 Å². The fourth-order valence-corrected chi connectivity index (χ4v) is 7.94. The molecule has 0 fully saturated rings. The van der Waals surface area contributed by atoms with Gasteiger partial charge in [-0.1, -0.05) is 127 Å². The Bertz CT molecular complexity index is 3110. The molecule has 0 aliphatic heterocycles. The molecular weight excluding hydrogens is 637 g/mol. The highest BCUT2D eigenvalue weighted by Crippen LogP contribution is 2.41. The van der Waals surface area contributed by atoms with Crippen LogP contribution in [0.25, 0.3) is 99.9 Å². The van der Waals surface area contributed by atoms with Crippen molar-refractivity contribution in [1.82, 2.24) is 28.9 Å². The van der Waals surface area contributed by atoms with Gasteiger partial charge in [-0.25, -0.2) is 19.9 Å². The predicted octanol–water partition coefficient (Wildman–Crippen LogP) is 11.1. The topological polar surface area (TPSA) is 60.9 Å². The zero-order valence-corrected chi connectivity index (χ0v) is 27.8. The molecular formula is C46H28N6. The Morgan fingerprint density at radius 3 is 1.81 bits per heavy atom. The number of fused-ring (bicyclic) bond motifs is 6. The minimum Gasteiger partial charge on any atom is -0.305 e. The molecule has 11 aromatic rings. The van der Waals surface area contributed by atoms with Crippen LogP contribution in [0.3, 0.4) is 0 Å². The van der Waals surface area contributed by atoms with Crippen LogP contribution in [0.5, 0.6) is 0 Å². The molecule has 0 N–H and O–H groups in total. The van der Waals surface area contributed by atoms with Gasteiger partial charge in [0, 0.05) is 44.4 Å². The molecule has 0 unspecified atom stereocenters. The van der Waals surface area contributed by atoms with Gasteiger partial charge in [-0.3, -0.25) is 4.57 Å². The molecule has 0 saturated heterocycles. The first-order valence-electron chi connectivity index (χ1n) is 17.4. The molecule has 242 valence electrons. The molecule has 0 aliphatic carbocycles. The van der Waals surface area contributed by atoms with Crippen LogP contribution in [0.15, 0.2) is 170 Å². The molecule has 0 bridgehead atoms. The Hall–Kier alpha value is -7.18. The van der Waals surface area contributed by atoms with Crippen molar-refractivity contribution in [2.24, 2.45) is 0 Å². The number of rotatable bonds is 4. The van der Waals surface area contributed by atoms with Crippen LogP contribution in [-0.2, 0) is 0 Å². The highest BCUT2D eigenvalue weighted by atomic mass is 15.1. The third kappa shape index (κ3) is 4.18. The number of pyridine rings is 1. The average molecular weight is 665 g/mol. The Kier molecular flexibility index (Phi) is 6.15. The first kappa shape index (κ1) is 28.6. The second-order valence-electron chi connectivity index (χ2n) is 13.1. The number of hydrogen-bond donors (Lipinski definition) is 0. The molecule has 0 radical (unpaired) electrons. The van der Waals surface area contributed by atoms with Gasteiger partial charge in [-0.15, -0.1) is 0 Å². The third-order valence-corrected chi connectivity index (χ3v) is 10.2. The molecule has 6 heteroatoms. The van der Waals surface area contributed by atoms with E-state index in [9.17, 15) is 0 Å². The van der Waals surface area contributed by atoms with Crippen molar-refractivity contribution in [3.63, 3.8) is 0 Å². The standard InChI is InChI=1S/C46H28N6/c1-3-13-30(14-4-1)43-48-44(31-15-5-2-6-16-31)50-45(49-43)36-26-27-38(33-19-8-7-18-32(33)36)52-39-22-11-17-29-24-25-35-34-20-9-10-21-37(34)51(42(35)41(29)39)40-23-12-28-47-46(40)52/h1-28H. The summed E-state index contributed by atoms with van der Waals surface area (Å²) in [5.41, 5.74) is 9.18. The molecule has 0 atom stereocenters. The van der Waals surface area contributed by atoms with Crippen molar-refractivity contribution < 1.29 is 0 Å². The zero-order chi connectivity index (χ0) is 34.2. The largest absolute Gasteiger partial charge is 0.305 e. The van der Waals surface area contributed by atoms with Crippen molar-refractivity contribution >= 4 is 60.0 Å². The van der Waals surface area contributed by atoms with Crippen LogP contribution in [0, 0.1) is 0 Å². The van der Waals surface area contributed by atoms with Crippen LogP contribution in [0.4, 0.5) is 0 Å². The molecule has 6 nitrogen and oxygen atoms in total. The summed E-state index contributed by atoms with van der Waals surface area (Å²) in [6.45, 7) is 0. The van der Waals surface area contributed by atoms with Gasteiger partial charge >= 0.3 is 0 Å². The summed E-state index contributed by atoms with van der Waals surface area (Å²) in [5.74, 6) is 1.90. The molecule has 0 saturated carbocycles. The van der Waals surface area contributed by atoms with Gasteiger partial charge in [0.05, 0.1) is 27.8 Å². The van der Waals surface area contributed by atoms with Crippen molar-refractivity contribution in [3.05, 3.63) is 170 Å². The third-order valence-electron chi connectivity index (χ3n) is 10.2. The summed E-state index contributed by atoms with van der Waals surface area (Å²) in [4.78, 5) is 20.3. The van der Waals surface area contributed by atoms with Crippen LogP contribution in [0.1, 0.15) is 0 Å². The van der Waals surface area contributed by atoms with E-state index in [1.807, 2.05) is 72.9 Å². The number of benzene rings is 7. The van der Waals surface area contributed by atoms with E-state index in [-0.39, 0.29) is 0 Å². The lowest BCUT2D eigenvalue weighted by Gasteiger charge is -2.16. The molecule has 7 aromatic carbocycles. The van der Waals surface area contributed by atoms with Crippen LogP contribution >= 0.6 is 0 Å². The number of hydrogen-bond acceptors (Lipinski definition) is 4. The minimum absolute atomic E-state index is 0.624. The first-order valence-corrected chi connectivity index (χ1v) is 17.4. The highest BCUT2D eigenvalue weighted by molar-refractivity contribution is 6.23. The maximum Gasteiger partial charge on any atom is 0.164 e. The SMILES string of the molecule is c1ccc(-c2nc(-c3ccccc3)nc(-c3ccc(-n4c5cccc6ccc7c8ccccc8n(c8cccnc84)c7c65)c4ccccc34)n2)cc1. The van der Waals surface area contributed by atoms with Crippen molar-refractivity contribution in [3.8, 4) is 39.9 Å². The second kappa shape index (κ2) is 11.2. The maximum absolute atomic E-state index is 5.13. The lowest BCUT2D eigenvalue weighted by molar-refractivity contribution is 1.07. The predicted molar refractivity (Wildman–Crippen MR) is 212 cm³/mol. The summed E-state index contributed by atoms with van der Waals surface area (Å²) in [7, 11) is 0. The summed E-state index contributed by atoms with van der Waals surface area (Å²) in [5, 5.41) is 6.95. The van der Waals surface area contributed by atoms with E-state index in [1.54, 1.807) is 0 Å². The van der Waals surface area contributed by atoms with Gasteiger partial charge in [-0.2, -0.15) is 0 Å². The molecule has 4 aromatic heterocycles. The molecule has 11 rings (SSSR count). The lowest BCUT2D eigenvalue weighted by atomic mass is 10.0. The Balaban J connectivity index is 1.25. The van der Waals surface area contributed by atoms with Gasteiger partial charge in [-0.05, 0) is 47.2 Å². The van der Waals surface area contributed by atoms with Crippen molar-refractivity contribution in [1.29, 1.82) is 0 Å².